The number of carbonyl (C=O) groups excluding carboxylic acids is 3. The van der Waals surface area contributed by atoms with Crippen molar-refractivity contribution in [1.29, 1.82) is 0 Å². The Hall–Kier alpha value is -2.09. The molecule has 8 heteroatoms. The quantitative estimate of drug-likeness (QED) is 0.632. The molecule has 7 nitrogen and oxygen atoms in total. The van der Waals surface area contributed by atoms with Gasteiger partial charge in [-0.25, -0.2) is 4.79 Å². The van der Waals surface area contributed by atoms with Crippen molar-refractivity contribution in [2.45, 2.75) is 78.4 Å². The van der Waals surface area contributed by atoms with Gasteiger partial charge in [0.2, 0.25) is 5.91 Å². The molecule has 1 aromatic rings. The van der Waals surface area contributed by atoms with Gasteiger partial charge in [-0.05, 0) is 64.4 Å². The Morgan fingerprint density at radius 2 is 1.87 bits per heavy atom. The van der Waals surface area contributed by atoms with Gasteiger partial charge in [0.25, 0.3) is 5.91 Å². The van der Waals surface area contributed by atoms with Crippen molar-refractivity contribution in [3.8, 4) is 0 Å². The Labute approximate surface area is 182 Å². The van der Waals surface area contributed by atoms with Crippen molar-refractivity contribution in [1.82, 2.24) is 10.6 Å². The number of thiophene rings is 1. The Kier molecular flexibility index (Phi) is 6.75. The summed E-state index contributed by atoms with van der Waals surface area (Å²) in [5.74, 6) is 0.229. The molecule has 1 heterocycles. The Morgan fingerprint density at radius 3 is 2.47 bits per heavy atom. The number of amides is 3. The molecular formula is C22H33N3O4S. The molecule has 0 unspecified atom stereocenters. The van der Waals surface area contributed by atoms with Crippen molar-refractivity contribution >= 4 is 34.2 Å². The van der Waals surface area contributed by atoms with E-state index in [9.17, 15) is 14.4 Å². The summed E-state index contributed by atoms with van der Waals surface area (Å²) in [5.41, 5.74) is 0.925. The third kappa shape index (κ3) is 5.97. The normalized spacial score (nSPS) is 18.5. The SMILES string of the molecule is CC(C)CNC(=O)c1c(NC(=O)C2CC2)sc2c1C[C@@H](NC(=O)OC(C)(C)C)CC2. The Morgan fingerprint density at radius 1 is 1.17 bits per heavy atom. The molecule has 0 saturated heterocycles. The van der Waals surface area contributed by atoms with E-state index in [1.807, 2.05) is 34.6 Å². The van der Waals surface area contributed by atoms with Gasteiger partial charge in [0.05, 0.1) is 5.56 Å². The highest BCUT2D eigenvalue weighted by molar-refractivity contribution is 7.17. The average Bonchev–Trinajstić information content (AvgIpc) is 3.40. The molecule has 0 aromatic carbocycles. The van der Waals surface area contributed by atoms with E-state index in [-0.39, 0.29) is 23.8 Å². The molecule has 2 aliphatic carbocycles. The topological polar surface area (TPSA) is 96.5 Å². The zero-order valence-corrected chi connectivity index (χ0v) is 19.3. The molecule has 1 atom stereocenters. The fourth-order valence-electron chi connectivity index (χ4n) is 3.45. The molecule has 0 aliphatic heterocycles. The van der Waals surface area contributed by atoms with E-state index >= 15 is 0 Å². The second-order valence-electron chi connectivity index (χ2n) is 9.66. The lowest BCUT2D eigenvalue weighted by atomic mass is 9.91. The van der Waals surface area contributed by atoms with E-state index in [0.29, 0.717) is 29.4 Å². The maximum Gasteiger partial charge on any atom is 0.407 e. The number of fused-ring (bicyclic) bond motifs is 1. The standard InChI is InChI=1S/C22H33N3O4S/c1-12(2)11-23-19(27)17-15-10-14(24-21(28)29-22(3,4)5)8-9-16(15)30-20(17)25-18(26)13-6-7-13/h12-14H,6-11H2,1-5H3,(H,23,27)(H,24,28)(H,25,26)/t14-/m0/s1. The molecule has 0 radical (unpaired) electrons. The monoisotopic (exact) mass is 435 g/mol. The minimum Gasteiger partial charge on any atom is -0.444 e. The summed E-state index contributed by atoms with van der Waals surface area (Å²) in [7, 11) is 0. The van der Waals surface area contributed by atoms with E-state index in [1.165, 1.54) is 11.3 Å². The Balaban J connectivity index is 1.79. The number of alkyl carbamates (subject to hydrolysis) is 1. The lowest BCUT2D eigenvalue weighted by molar-refractivity contribution is -0.117. The molecule has 2 aliphatic rings. The van der Waals surface area contributed by atoms with Gasteiger partial charge in [0.15, 0.2) is 0 Å². The molecule has 1 aromatic heterocycles. The van der Waals surface area contributed by atoms with Crippen LogP contribution in [0.2, 0.25) is 0 Å². The largest absolute Gasteiger partial charge is 0.444 e. The van der Waals surface area contributed by atoms with Gasteiger partial charge >= 0.3 is 6.09 Å². The lowest BCUT2D eigenvalue weighted by Gasteiger charge is -2.26. The lowest BCUT2D eigenvalue weighted by Crippen LogP contribution is -2.42. The second-order valence-corrected chi connectivity index (χ2v) is 10.8. The highest BCUT2D eigenvalue weighted by Crippen LogP contribution is 2.40. The van der Waals surface area contributed by atoms with Crippen molar-refractivity contribution < 1.29 is 19.1 Å². The minimum absolute atomic E-state index is 0.00469. The number of aryl methyl sites for hydroxylation is 1. The molecular weight excluding hydrogens is 402 g/mol. The Bertz CT molecular complexity index is 821. The predicted molar refractivity (Wildman–Crippen MR) is 118 cm³/mol. The van der Waals surface area contributed by atoms with E-state index in [4.69, 9.17) is 4.74 Å². The molecule has 1 fully saturated rings. The van der Waals surface area contributed by atoms with Gasteiger partial charge in [-0.1, -0.05) is 13.8 Å². The zero-order valence-electron chi connectivity index (χ0n) is 18.5. The predicted octanol–water partition coefficient (Wildman–Crippen LogP) is 3.86. The fraction of sp³-hybridized carbons (Fsp3) is 0.682. The molecule has 1 saturated carbocycles. The molecule has 3 amide bonds. The van der Waals surface area contributed by atoms with Gasteiger partial charge in [-0.3, -0.25) is 9.59 Å². The maximum absolute atomic E-state index is 13.0. The van der Waals surface area contributed by atoms with Gasteiger partial charge in [0.1, 0.15) is 10.6 Å². The van der Waals surface area contributed by atoms with E-state index in [0.717, 1.165) is 36.1 Å². The van der Waals surface area contributed by atoms with E-state index in [2.05, 4.69) is 16.0 Å². The summed E-state index contributed by atoms with van der Waals surface area (Å²) in [5, 5.41) is 9.55. The first-order valence-corrected chi connectivity index (χ1v) is 11.6. The van der Waals surface area contributed by atoms with Crippen molar-refractivity contribution in [2.24, 2.45) is 11.8 Å². The first-order valence-electron chi connectivity index (χ1n) is 10.8. The van der Waals surface area contributed by atoms with Crippen LogP contribution in [0.1, 0.15) is 74.7 Å². The van der Waals surface area contributed by atoms with Crippen LogP contribution in [0.15, 0.2) is 0 Å². The second kappa shape index (κ2) is 8.96. The van der Waals surface area contributed by atoms with Crippen LogP contribution < -0.4 is 16.0 Å². The van der Waals surface area contributed by atoms with Crippen LogP contribution in [0.3, 0.4) is 0 Å². The highest BCUT2D eigenvalue weighted by Gasteiger charge is 2.34. The van der Waals surface area contributed by atoms with Crippen LogP contribution in [0, 0.1) is 11.8 Å². The number of anilines is 1. The first kappa shape index (κ1) is 22.6. The smallest absolute Gasteiger partial charge is 0.407 e. The average molecular weight is 436 g/mol. The number of rotatable bonds is 6. The molecule has 30 heavy (non-hydrogen) atoms. The van der Waals surface area contributed by atoms with Crippen molar-refractivity contribution in [3.63, 3.8) is 0 Å². The van der Waals surface area contributed by atoms with Crippen molar-refractivity contribution in [3.05, 3.63) is 16.0 Å². The van der Waals surface area contributed by atoms with Crippen LogP contribution in [-0.2, 0) is 22.4 Å². The van der Waals surface area contributed by atoms with E-state index in [1.54, 1.807) is 0 Å². The maximum atomic E-state index is 13.0. The van der Waals surface area contributed by atoms with Crippen LogP contribution in [0.25, 0.3) is 0 Å². The summed E-state index contributed by atoms with van der Waals surface area (Å²) in [6.07, 6.45) is 3.45. The summed E-state index contributed by atoms with van der Waals surface area (Å²) in [4.78, 5) is 38.7. The molecule has 166 valence electrons. The van der Waals surface area contributed by atoms with Crippen molar-refractivity contribution in [2.75, 3.05) is 11.9 Å². The fourth-order valence-corrected chi connectivity index (χ4v) is 4.70. The summed E-state index contributed by atoms with van der Waals surface area (Å²) < 4.78 is 5.38. The van der Waals surface area contributed by atoms with Crippen LogP contribution in [0.4, 0.5) is 9.80 Å². The van der Waals surface area contributed by atoms with Crippen LogP contribution >= 0.6 is 11.3 Å². The van der Waals surface area contributed by atoms with Gasteiger partial charge in [0, 0.05) is 23.4 Å². The number of ether oxygens (including phenoxy) is 1. The van der Waals surface area contributed by atoms with E-state index < -0.39 is 11.7 Å². The summed E-state index contributed by atoms with van der Waals surface area (Å²) >= 11 is 1.49. The first-order chi connectivity index (χ1) is 14.0. The third-order valence-electron chi connectivity index (χ3n) is 5.06. The van der Waals surface area contributed by atoms with Gasteiger partial charge in [-0.15, -0.1) is 11.3 Å². The van der Waals surface area contributed by atoms with Crippen LogP contribution in [0.5, 0.6) is 0 Å². The molecule has 3 N–H and O–H groups in total. The van der Waals surface area contributed by atoms with Gasteiger partial charge in [-0.2, -0.15) is 0 Å². The van der Waals surface area contributed by atoms with Gasteiger partial charge < -0.3 is 20.7 Å². The third-order valence-corrected chi connectivity index (χ3v) is 6.27. The summed E-state index contributed by atoms with van der Waals surface area (Å²) in [6.45, 7) is 10.1. The number of carbonyl (C=O) groups is 3. The minimum atomic E-state index is -0.561. The summed E-state index contributed by atoms with van der Waals surface area (Å²) in [6, 6.07) is -0.106. The number of hydrogen-bond acceptors (Lipinski definition) is 5. The number of nitrogens with one attached hydrogen (secondary N) is 3. The number of hydrogen-bond donors (Lipinski definition) is 3. The molecule has 0 spiro atoms. The molecule has 0 bridgehead atoms. The highest BCUT2D eigenvalue weighted by atomic mass is 32.1. The molecule has 3 rings (SSSR count). The van der Waals surface area contributed by atoms with Crippen LogP contribution in [-0.4, -0.2) is 36.1 Å². The zero-order chi connectivity index (χ0) is 22.1.